The molecule has 0 fully saturated rings. The normalized spacial score (nSPS) is 11.8. The Morgan fingerprint density at radius 3 is 2.69 bits per heavy atom. The minimum atomic E-state index is -0.372. The highest BCUT2D eigenvalue weighted by atomic mass is 35.5. The summed E-state index contributed by atoms with van der Waals surface area (Å²) in [4.78, 5) is 0. The molecule has 0 bridgehead atoms. The van der Waals surface area contributed by atoms with E-state index in [-0.39, 0.29) is 30.9 Å². The number of nitrogens with two attached hydrogens (primary N) is 1. The van der Waals surface area contributed by atoms with Crippen LogP contribution < -0.4 is 10.5 Å². The van der Waals surface area contributed by atoms with Crippen molar-refractivity contribution in [2.75, 3.05) is 13.7 Å². The summed E-state index contributed by atoms with van der Waals surface area (Å²) in [6, 6.07) is 4.24. The Labute approximate surface area is 101 Å². The van der Waals surface area contributed by atoms with E-state index in [0.29, 0.717) is 24.2 Å². The second-order valence-electron chi connectivity index (χ2n) is 3.36. The first-order chi connectivity index (χ1) is 7.19. The molecule has 1 aromatic carbocycles. The van der Waals surface area contributed by atoms with Gasteiger partial charge in [-0.25, -0.2) is 4.39 Å². The fraction of sp³-hybridized carbons (Fsp3) is 0.455. The summed E-state index contributed by atoms with van der Waals surface area (Å²) in [7, 11) is 1.49. The molecule has 92 valence electrons. The molecule has 1 aromatic rings. The van der Waals surface area contributed by atoms with E-state index in [9.17, 15) is 4.39 Å². The van der Waals surface area contributed by atoms with Crippen molar-refractivity contribution in [1.29, 1.82) is 0 Å². The maximum absolute atomic E-state index is 13.5. The third-order valence-corrected chi connectivity index (χ3v) is 2.28. The van der Waals surface area contributed by atoms with Gasteiger partial charge in [0.1, 0.15) is 11.6 Å². The lowest BCUT2D eigenvalue weighted by molar-refractivity contribution is 0.279. The Hall–Kier alpha value is -0.840. The average Bonchev–Trinajstić information content (AvgIpc) is 2.25. The van der Waals surface area contributed by atoms with E-state index in [4.69, 9.17) is 15.6 Å². The summed E-state index contributed by atoms with van der Waals surface area (Å²) in [5, 5.41) is 8.64. The molecule has 0 aliphatic rings. The monoisotopic (exact) mass is 249 g/mol. The Morgan fingerprint density at radius 2 is 2.19 bits per heavy atom. The highest BCUT2D eigenvalue weighted by Crippen LogP contribution is 2.22. The van der Waals surface area contributed by atoms with Crippen molar-refractivity contribution in [2.45, 2.75) is 18.9 Å². The van der Waals surface area contributed by atoms with Gasteiger partial charge < -0.3 is 15.6 Å². The smallest absolute Gasteiger partial charge is 0.131 e. The van der Waals surface area contributed by atoms with Crippen molar-refractivity contribution in [3.63, 3.8) is 0 Å². The summed E-state index contributed by atoms with van der Waals surface area (Å²) in [5.41, 5.74) is 6.24. The maximum atomic E-state index is 13.5. The summed E-state index contributed by atoms with van der Waals surface area (Å²) < 4.78 is 18.4. The summed E-state index contributed by atoms with van der Waals surface area (Å²) in [6.07, 6.45) is 1.15. The molecule has 3 N–H and O–H groups in total. The lowest BCUT2D eigenvalue weighted by Gasteiger charge is -2.12. The third kappa shape index (κ3) is 3.96. The maximum Gasteiger partial charge on any atom is 0.131 e. The van der Waals surface area contributed by atoms with Crippen LogP contribution >= 0.6 is 12.4 Å². The molecule has 0 spiro atoms. The van der Waals surface area contributed by atoms with Crippen LogP contribution in [0.1, 0.15) is 24.4 Å². The topological polar surface area (TPSA) is 55.5 Å². The molecular weight excluding hydrogens is 233 g/mol. The fourth-order valence-corrected chi connectivity index (χ4v) is 1.40. The average molecular weight is 250 g/mol. The van der Waals surface area contributed by atoms with Crippen LogP contribution in [-0.4, -0.2) is 18.8 Å². The third-order valence-electron chi connectivity index (χ3n) is 2.28. The highest BCUT2D eigenvalue weighted by molar-refractivity contribution is 5.85. The Kier molecular flexibility index (Phi) is 7.05. The number of rotatable bonds is 5. The second-order valence-corrected chi connectivity index (χ2v) is 3.36. The molecule has 0 heterocycles. The zero-order valence-electron chi connectivity index (χ0n) is 9.15. The Balaban J connectivity index is 0.00000225. The van der Waals surface area contributed by atoms with Gasteiger partial charge >= 0.3 is 0 Å². The van der Waals surface area contributed by atoms with E-state index < -0.39 is 0 Å². The molecule has 3 nitrogen and oxygen atoms in total. The van der Waals surface area contributed by atoms with Gasteiger partial charge in [-0.3, -0.25) is 0 Å². The molecule has 0 saturated carbocycles. The first-order valence-corrected chi connectivity index (χ1v) is 4.89. The number of benzene rings is 1. The van der Waals surface area contributed by atoms with Crippen LogP contribution in [-0.2, 0) is 0 Å². The summed E-state index contributed by atoms with van der Waals surface area (Å²) >= 11 is 0. The summed E-state index contributed by atoms with van der Waals surface area (Å²) in [5.74, 6) is 0.116. The van der Waals surface area contributed by atoms with Crippen molar-refractivity contribution in [1.82, 2.24) is 0 Å². The highest BCUT2D eigenvalue weighted by Gasteiger charge is 2.11. The van der Waals surface area contributed by atoms with Gasteiger partial charge in [0.05, 0.1) is 7.11 Å². The van der Waals surface area contributed by atoms with Crippen molar-refractivity contribution >= 4 is 12.4 Å². The van der Waals surface area contributed by atoms with Gasteiger partial charge in [-0.1, -0.05) is 6.07 Å². The Morgan fingerprint density at radius 1 is 1.50 bits per heavy atom. The lowest BCUT2D eigenvalue weighted by atomic mass is 10.0. The van der Waals surface area contributed by atoms with E-state index in [2.05, 4.69) is 0 Å². The Bertz CT molecular complexity index is 323. The quantitative estimate of drug-likeness (QED) is 0.840. The van der Waals surface area contributed by atoms with Crippen molar-refractivity contribution in [2.24, 2.45) is 5.73 Å². The molecule has 0 aliphatic heterocycles. The van der Waals surface area contributed by atoms with E-state index in [1.165, 1.54) is 13.2 Å². The van der Waals surface area contributed by atoms with Gasteiger partial charge in [-0.05, 0) is 18.9 Å². The molecule has 0 aromatic heterocycles. The number of methoxy groups -OCH3 is 1. The van der Waals surface area contributed by atoms with Gasteiger partial charge in [0.25, 0.3) is 0 Å². The fourth-order valence-electron chi connectivity index (χ4n) is 1.40. The van der Waals surface area contributed by atoms with Crippen LogP contribution in [0.2, 0.25) is 0 Å². The van der Waals surface area contributed by atoms with Crippen LogP contribution in [0.15, 0.2) is 18.2 Å². The molecule has 1 rings (SSSR count). The predicted octanol–water partition coefficient (Wildman–Crippen LogP) is 2.03. The zero-order chi connectivity index (χ0) is 11.3. The summed E-state index contributed by atoms with van der Waals surface area (Å²) in [6.45, 7) is 0.0749. The van der Waals surface area contributed by atoms with Crippen LogP contribution in [0, 0.1) is 5.82 Å². The largest absolute Gasteiger partial charge is 0.497 e. The van der Waals surface area contributed by atoms with Gasteiger partial charge in [-0.15, -0.1) is 12.4 Å². The van der Waals surface area contributed by atoms with Crippen molar-refractivity contribution < 1.29 is 14.2 Å². The SMILES string of the molecule is COc1ccc([C@@H](N)CCCO)c(F)c1.Cl. The van der Waals surface area contributed by atoms with Gasteiger partial charge in [0.15, 0.2) is 0 Å². The first kappa shape index (κ1) is 15.2. The van der Waals surface area contributed by atoms with Gasteiger partial charge in [-0.2, -0.15) is 0 Å². The number of aliphatic hydroxyl groups excluding tert-OH is 1. The number of halogens is 2. The number of ether oxygens (including phenoxy) is 1. The van der Waals surface area contributed by atoms with Crippen LogP contribution in [0.25, 0.3) is 0 Å². The molecule has 0 aliphatic carbocycles. The van der Waals surface area contributed by atoms with Crippen LogP contribution in [0.3, 0.4) is 0 Å². The first-order valence-electron chi connectivity index (χ1n) is 4.89. The lowest BCUT2D eigenvalue weighted by Crippen LogP contribution is -2.12. The minimum absolute atomic E-state index is 0. The van der Waals surface area contributed by atoms with Crippen LogP contribution in [0.5, 0.6) is 5.75 Å². The molecule has 0 radical (unpaired) electrons. The standard InChI is InChI=1S/C11H16FNO2.ClH/c1-15-8-4-5-9(10(12)7-8)11(13)3-2-6-14;/h4-5,7,11,14H,2-3,6,13H2,1H3;1H/t11-;/m0./s1. The van der Waals surface area contributed by atoms with E-state index in [0.717, 1.165) is 0 Å². The number of hydrogen-bond donors (Lipinski definition) is 2. The molecule has 16 heavy (non-hydrogen) atoms. The predicted molar refractivity (Wildman–Crippen MR) is 63.4 cm³/mol. The molecule has 0 saturated heterocycles. The van der Waals surface area contributed by atoms with E-state index >= 15 is 0 Å². The molecular formula is C11H17ClFNO2. The zero-order valence-corrected chi connectivity index (χ0v) is 9.97. The van der Waals surface area contributed by atoms with Crippen molar-refractivity contribution in [3.05, 3.63) is 29.6 Å². The number of hydrogen-bond acceptors (Lipinski definition) is 3. The number of aliphatic hydroxyl groups is 1. The van der Waals surface area contributed by atoms with Gasteiger partial charge in [0.2, 0.25) is 0 Å². The van der Waals surface area contributed by atoms with Gasteiger partial charge in [0, 0.05) is 24.3 Å². The van der Waals surface area contributed by atoms with E-state index in [1.54, 1.807) is 12.1 Å². The van der Waals surface area contributed by atoms with E-state index in [1.807, 2.05) is 0 Å². The van der Waals surface area contributed by atoms with Crippen molar-refractivity contribution in [3.8, 4) is 5.75 Å². The van der Waals surface area contributed by atoms with Crippen LogP contribution in [0.4, 0.5) is 4.39 Å². The molecule has 0 unspecified atom stereocenters. The minimum Gasteiger partial charge on any atom is -0.497 e. The molecule has 1 atom stereocenters. The molecule has 0 amide bonds. The second kappa shape index (κ2) is 7.44. The molecule has 5 heteroatoms.